The number of nitrogen functional groups attached to an aromatic ring is 1. The van der Waals surface area contributed by atoms with E-state index in [9.17, 15) is 9.18 Å². The summed E-state index contributed by atoms with van der Waals surface area (Å²) in [5.74, 6) is -0.587. The van der Waals surface area contributed by atoms with E-state index in [4.69, 9.17) is 5.73 Å². The van der Waals surface area contributed by atoms with Gasteiger partial charge in [-0.2, -0.15) is 0 Å². The van der Waals surface area contributed by atoms with Crippen LogP contribution < -0.4 is 11.1 Å². The third kappa shape index (κ3) is 3.12. The van der Waals surface area contributed by atoms with Gasteiger partial charge in [-0.15, -0.1) is 0 Å². The normalized spacial score (nSPS) is 10.3. The Labute approximate surface area is 118 Å². The highest BCUT2D eigenvalue weighted by molar-refractivity contribution is 9.10. The van der Waals surface area contributed by atoms with E-state index in [-0.39, 0.29) is 11.7 Å². The first-order chi connectivity index (χ1) is 8.97. The third-order valence-electron chi connectivity index (χ3n) is 2.67. The highest BCUT2D eigenvalue weighted by atomic mass is 79.9. The summed E-state index contributed by atoms with van der Waals surface area (Å²) in [5.41, 5.74) is 7.68. The van der Waals surface area contributed by atoms with Crippen LogP contribution in [0.25, 0.3) is 0 Å². The maximum Gasteiger partial charge on any atom is 0.255 e. The van der Waals surface area contributed by atoms with Crippen molar-refractivity contribution in [3.05, 3.63) is 57.8 Å². The molecule has 2 aromatic rings. The summed E-state index contributed by atoms with van der Waals surface area (Å²) in [6.07, 6.45) is 0. The van der Waals surface area contributed by atoms with Crippen molar-refractivity contribution in [3.63, 3.8) is 0 Å². The minimum Gasteiger partial charge on any atom is -0.398 e. The van der Waals surface area contributed by atoms with Crippen LogP contribution in [0.4, 0.5) is 15.8 Å². The number of benzene rings is 2. The smallest absolute Gasteiger partial charge is 0.255 e. The van der Waals surface area contributed by atoms with Crippen LogP contribution in [0.5, 0.6) is 0 Å². The van der Waals surface area contributed by atoms with Crippen LogP contribution in [0.3, 0.4) is 0 Å². The van der Waals surface area contributed by atoms with Crippen molar-refractivity contribution in [2.45, 2.75) is 6.92 Å². The summed E-state index contributed by atoms with van der Waals surface area (Å²) < 4.78 is 13.9. The lowest BCUT2D eigenvalue weighted by atomic mass is 10.1. The Morgan fingerprint density at radius 3 is 2.63 bits per heavy atom. The number of halogens is 2. The highest BCUT2D eigenvalue weighted by Crippen LogP contribution is 2.21. The Balaban J connectivity index is 2.20. The molecule has 0 unspecified atom stereocenters. The number of nitrogens with one attached hydrogen (secondary N) is 1. The quantitative estimate of drug-likeness (QED) is 0.828. The molecule has 0 bridgehead atoms. The van der Waals surface area contributed by atoms with Crippen LogP contribution >= 0.6 is 15.9 Å². The Kier molecular flexibility index (Phi) is 3.85. The van der Waals surface area contributed by atoms with Gasteiger partial charge in [0.15, 0.2) is 0 Å². The van der Waals surface area contributed by atoms with Crippen LogP contribution in [-0.4, -0.2) is 5.91 Å². The van der Waals surface area contributed by atoms with Gasteiger partial charge in [-0.05, 0) is 64.8 Å². The molecule has 1 amide bonds. The van der Waals surface area contributed by atoms with E-state index < -0.39 is 0 Å². The second kappa shape index (κ2) is 5.40. The zero-order valence-electron chi connectivity index (χ0n) is 10.2. The van der Waals surface area contributed by atoms with Gasteiger partial charge < -0.3 is 11.1 Å². The number of hydrogen-bond donors (Lipinski definition) is 2. The van der Waals surface area contributed by atoms with Crippen molar-refractivity contribution in [2.75, 3.05) is 11.1 Å². The topological polar surface area (TPSA) is 55.1 Å². The molecule has 0 radical (unpaired) electrons. The fourth-order valence-corrected chi connectivity index (χ4v) is 1.86. The molecule has 0 saturated heterocycles. The molecule has 19 heavy (non-hydrogen) atoms. The minimum atomic E-state index is -0.300. The average Bonchev–Trinajstić information content (AvgIpc) is 2.37. The first-order valence-corrected chi connectivity index (χ1v) is 6.39. The summed E-state index contributed by atoms with van der Waals surface area (Å²) in [5, 5.41) is 2.70. The monoisotopic (exact) mass is 322 g/mol. The van der Waals surface area contributed by atoms with Gasteiger partial charge in [-0.25, -0.2) is 4.39 Å². The second-order valence-corrected chi connectivity index (χ2v) is 5.01. The Hall–Kier alpha value is -1.88. The van der Waals surface area contributed by atoms with Gasteiger partial charge in [0.1, 0.15) is 5.82 Å². The first-order valence-electron chi connectivity index (χ1n) is 5.60. The number of amides is 1. The number of nitrogens with two attached hydrogens (primary N) is 1. The van der Waals surface area contributed by atoms with E-state index in [1.165, 1.54) is 12.1 Å². The van der Waals surface area contributed by atoms with Gasteiger partial charge in [-0.1, -0.05) is 0 Å². The largest absolute Gasteiger partial charge is 0.398 e. The summed E-state index contributed by atoms with van der Waals surface area (Å²) in [7, 11) is 0. The number of rotatable bonds is 2. The molecule has 0 aromatic heterocycles. The standard InChI is InChI=1S/C14H12BrFN2O/c1-8-6-10(3-5-12(8)16)18-14(19)9-2-4-11(15)13(17)7-9/h2-7H,17H2,1H3,(H,18,19). The number of carbonyl (C=O) groups excluding carboxylic acids is 1. The lowest BCUT2D eigenvalue weighted by Crippen LogP contribution is -2.12. The zero-order valence-corrected chi connectivity index (χ0v) is 11.8. The molecule has 3 nitrogen and oxygen atoms in total. The van der Waals surface area contributed by atoms with Gasteiger partial charge in [0.05, 0.1) is 0 Å². The predicted molar refractivity (Wildman–Crippen MR) is 77.6 cm³/mol. The predicted octanol–water partition coefficient (Wildman–Crippen LogP) is 3.73. The Morgan fingerprint density at radius 2 is 2.00 bits per heavy atom. The molecule has 0 heterocycles. The van der Waals surface area contributed by atoms with Crippen molar-refractivity contribution in [2.24, 2.45) is 0 Å². The number of hydrogen-bond acceptors (Lipinski definition) is 2. The molecular formula is C14H12BrFN2O. The molecule has 0 atom stereocenters. The first kappa shape index (κ1) is 13.5. The molecule has 0 aliphatic carbocycles. The average molecular weight is 323 g/mol. The van der Waals surface area contributed by atoms with Crippen LogP contribution in [0.15, 0.2) is 40.9 Å². The maximum absolute atomic E-state index is 13.1. The molecule has 5 heteroatoms. The molecule has 98 valence electrons. The van der Waals surface area contributed by atoms with E-state index in [0.717, 1.165) is 4.47 Å². The summed E-state index contributed by atoms with van der Waals surface area (Å²) in [6.45, 7) is 1.64. The van der Waals surface area contributed by atoms with Crippen LogP contribution in [0.2, 0.25) is 0 Å². The molecule has 0 fully saturated rings. The van der Waals surface area contributed by atoms with Gasteiger partial charge in [-0.3, -0.25) is 4.79 Å². The fourth-order valence-electron chi connectivity index (χ4n) is 1.61. The van der Waals surface area contributed by atoms with Crippen LogP contribution in [-0.2, 0) is 0 Å². The van der Waals surface area contributed by atoms with Crippen LogP contribution in [0, 0.1) is 12.7 Å². The highest BCUT2D eigenvalue weighted by Gasteiger charge is 2.08. The second-order valence-electron chi connectivity index (χ2n) is 4.15. The van der Waals surface area contributed by atoms with E-state index >= 15 is 0 Å². The third-order valence-corrected chi connectivity index (χ3v) is 3.40. The Bertz CT molecular complexity index is 643. The van der Waals surface area contributed by atoms with Gasteiger partial charge in [0.25, 0.3) is 5.91 Å². The fraction of sp³-hybridized carbons (Fsp3) is 0.0714. The molecular weight excluding hydrogens is 311 g/mol. The lowest BCUT2D eigenvalue weighted by molar-refractivity contribution is 0.102. The number of aryl methyl sites for hydroxylation is 1. The zero-order chi connectivity index (χ0) is 14.0. The summed E-state index contributed by atoms with van der Waals surface area (Å²) in [4.78, 5) is 12.0. The molecule has 2 rings (SSSR count). The summed E-state index contributed by atoms with van der Waals surface area (Å²) >= 11 is 3.26. The molecule has 2 aromatic carbocycles. The number of carbonyl (C=O) groups is 1. The van der Waals surface area contributed by atoms with Crippen molar-refractivity contribution < 1.29 is 9.18 Å². The SMILES string of the molecule is Cc1cc(NC(=O)c2ccc(Br)c(N)c2)ccc1F. The van der Waals surface area contributed by atoms with E-state index in [1.807, 2.05) is 0 Å². The van der Waals surface area contributed by atoms with E-state index in [2.05, 4.69) is 21.2 Å². The van der Waals surface area contributed by atoms with Crippen molar-refractivity contribution >= 4 is 33.2 Å². The van der Waals surface area contributed by atoms with Crippen molar-refractivity contribution in [1.29, 1.82) is 0 Å². The minimum absolute atomic E-state index is 0.287. The molecule has 0 saturated carbocycles. The van der Waals surface area contributed by atoms with Crippen molar-refractivity contribution in [3.8, 4) is 0 Å². The maximum atomic E-state index is 13.1. The van der Waals surface area contributed by atoms with E-state index in [0.29, 0.717) is 22.5 Å². The Morgan fingerprint density at radius 1 is 1.26 bits per heavy atom. The molecule has 0 aliphatic heterocycles. The van der Waals surface area contributed by atoms with E-state index in [1.54, 1.807) is 31.2 Å². The lowest BCUT2D eigenvalue weighted by Gasteiger charge is -2.07. The van der Waals surface area contributed by atoms with Gasteiger partial charge in [0.2, 0.25) is 0 Å². The number of anilines is 2. The summed E-state index contributed by atoms with van der Waals surface area (Å²) in [6, 6.07) is 9.36. The van der Waals surface area contributed by atoms with Gasteiger partial charge in [0, 0.05) is 21.4 Å². The van der Waals surface area contributed by atoms with Crippen molar-refractivity contribution in [1.82, 2.24) is 0 Å². The van der Waals surface area contributed by atoms with Crippen LogP contribution in [0.1, 0.15) is 15.9 Å². The molecule has 3 N–H and O–H groups in total. The molecule has 0 spiro atoms. The van der Waals surface area contributed by atoms with Gasteiger partial charge >= 0.3 is 0 Å². The molecule has 0 aliphatic rings.